The molecule has 10 heteroatoms. The lowest BCUT2D eigenvalue weighted by molar-refractivity contribution is -0.117. The average Bonchev–Trinajstić information content (AvgIpc) is 3.06. The predicted octanol–water partition coefficient (Wildman–Crippen LogP) is 1.00. The van der Waals surface area contributed by atoms with Gasteiger partial charge in [-0.1, -0.05) is 5.10 Å². The molecule has 0 aromatic carbocycles. The van der Waals surface area contributed by atoms with Crippen molar-refractivity contribution in [3.05, 3.63) is 18.4 Å². The lowest BCUT2D eigenvalue weighted by Crippen LogP contribution is -2.27. The van der Waals surface area contributed by atoms with E-state index in [4.69, 9.17) is 19.5 Å². The topological polar surface area (TPSA) is 107 Å². The van der Waals surface area contributed by atoms with Gasteiger partial charge in [0.1, 0.15) is 5.25 Å². The maximum atomic E-state index is 11.8. The van der Waals surface area contributed by atoms with Crippen molar-refractivity contribution in [2.24, 2.45) is 0 Å². The van der Waals surface area contributed by atoms with E-state index in [2.05, 4.69) is 10.2 Å². The zero-order valence-electron chi connectivity index (χ0n) is 9.89. The lowest BCUT2D eigenvalue weighted by atomic mass is 10.4. The van der Waals surface area contributed by atoms with Gasteiger partial charge in [-0.05, 0) is 12.1 Å². The normalized spacial score (nSPS) is 19.8. The van der Waals surface area contributed by atoms with Gasteiger partial charge in [-0.15, -0.1) is 5.10 Å². The van der Waals surface area contributed by atoms with Gasteiger partial charge in [-0.25, -0.2) is 8.42 Å². The van der Waals surface area contributed by atoms with Crippen LogP contribution in [0.5, 0.6) is 0 Å². The van der Waals surface area contributed by atoms with Crippen molar-refractivity contribution in [1.29, 1.82) is 0 Å². The van der Waals surface area contributed by atoms with Crippen LogP contribution in [0, 0.1) is 0 Å². The van der Waals surface area contributed by atoms with E-state index < -0.39 is 20.2 Å². The number of anilines is 1. The van der Waals surface area contributed by atoms with Crippen LogP contribution in [0.25, 0.3) is 11.7 Å². The quantitative estimate of drug-likeness (QED) is 0.777. The maximum Gasteiger partial charge on any atom is 0.325 e. The van der Waals surface area contributed by atoms with E-state index in [-0.39, 0.29) is 24.9 Å². The first-order valence-corrected chi connectivity index (χ1v) is 7.93. The molecule has 1 unspecified atom stereocenters. The number of carbonyl (C=O) groups is 1. The van der Waals surface area contributed by atoms with E-state index in [0.717, 1.165) is 4.90 Å². The minimum atomic E-state index is -3.81. The molecule has 1 saturated heterocycles. The van der Waals surface area contributed by atoms with Crippen molar-refractivity contribution >= 4 is 31.7 Å². The Hall–Kier alpha value is -1.87. The minimum absolute atomic E-state index is 0.0794. The van der Waals surface area contributed by atoms with Crippen LogP contribution in [0.3, 0.4) is 0 Å². The molecule has 0 spiro atoms. The molecule has 2 aromatic rings. The molecule has 0 N–H and O–H groups in total. The Bertz CT molecular complexity index is 739. The molecule has 3 rings (SSSR count). The first-order chi connectivity index (χ1) is 9.45. The van der Waals surface area contributed by atoms with Crippen LogP contribution >= 0.6 is 10.7 Å². The van der Waals surface area contributed by atoms with Crippen molar-refractivity contribution in [3.8, 4) is 11.7 Å². The largest absolute Gasteiger partial charge is 0.459 e. The van der Waals surface area contributed by atoms with Crippen molar-refractivity contribution in [3.63, 3.8) is 0 Å². The van der Waals surface area contributed by atoms with Gasteiger partial charge in [-0.3, -0.25) is 9.69 Å². The Labute approximate surface area is 117 Å². The summed E-state index contributed by atoms with van der Waals surface area (Å²) in [4.78, 5) is 12.9. The molecule has 0 radical (unpaired) electrons. The maximum absolute atomic E-state index is 11.8. The van der Waals surface area contributed by atoms with E-state index >= 15 is 0 Å². The molecule has 20 heavy (non-hydrogen) atoms. The second-order valence-electron chi connectivity index (χ2n) is 4.17. The van der Waals surface area contributed by atoms with Gasteiger partial charge < -0.3 is 8.83 Å². The number of aromatic nitrogens is 2. The highest BCUT2D eigenvalue weighted by Crippen LogP contribution is 2.28. The van der Waals surface area contributed by atoms with E-state index in [1.807, 2.05) is 0 Å². The Morgan fingerprint density at radius 3 is 2.80 bits per heavy atom. The second-order valence-corrected chi connectivity index (χ2v) is 7.08. The SMILES string of the molecule is O=C1CC(S(=O)(=O)Cl)CN1c1nnc(-c2ccco2)o1. The van der Waals surface area contributed by atoms with E-state index in [1.165, 1.54) is 6.26 Å². The van der Waals surface area contributed by atoms with Gasteiger partial charge in [0.05, 0.1) is 6.26 Å². The molecule has 1 aliphatic rings. The summed E-state index contributed by atoms with van der Waals surface area (Å²) in [6, 6.07) is 3.19. The van der Waals surface area contributed by atoms with Crippen molar-refractivity contribution < 1.29 is 22.0 Å². The third-order valence-electron chi connectivity index (χ3n) is 2.86. The zero-order chi connectivity index (χ0) is 14.3. The lowest BCUT2D eigenvalue weighted by Gasteiger charge is -2.09. The second kappa shape index (κ2) is 4.60. The molecular formula is C10H8ClN3O5S. The fourth-order valence-electron chi connectivity index (χ4n) is 1.87. The Kier molecular flexibility index (Phi) is 3.02. The Balaban J connectivity index is 1.86. The first-order valence-electron chi connectivity index (χ1n) is 5.56. The van der Waals surface area contributed by atoms with Gasteiger partial charge in [0.15, 0.2) is 5.76 Å². The molecule has 106 valence electrons. The van der Waals surface area contributed by atoms with Crippen molar-refractivity contribution in [2.45, 2.75) is 11.7 Å². The summed E-state index contributed by atoms with van der Waals surface area (Å²) in [6.07, 6.45) is 1.24. The molecule has 8 nitrogen and oxygen atoms in total. The number of hydrogen-bond acceptors (Lipinski definition) is 7. The fourth-order valence-corrected chi connectivity index (χ4v) is 2.90. The monoisotopic (exact) mass is 317 g/mol. The highest BCUT2D eigenvalue weighted by atomic mass is 35.7. The molecule has 0 bridgehead atoms. The summed E-state index contributed by atoms with van der Waals surface area (Å²) in [6.45, 7) is -0.107. The molecule has 3 heterocycles. The van der Waals surface area contributed by atoms with Crippen LogP contribution in [0.15, 0.2) is 27.2 Å². The van der Waals surface area contributed by atoms with Crippen LogP contribution in [0.2, 0.25) is 0 Å². The summed E-state index contributed by atoms with van der Waals surface area (Å²) < 4.78 is 32.9. The highest BCUT2D eigenvalue weighted by molar-refractivity contribution is 8.14. The summed E-state index contributed by atoms with van der Waals surface area (Å²) in [5.74, 6) is 0.0285. The van der Waals surface area contributed by atoms with Crippen LogP contribution in [0.4, 0.5) is 6.01 Å². The Morgan fingerprint density at radius 1 is 1.40 bits per heavy atom. The smallest absolute Gasteiger partial charge is 0.325 e. The molecule has 1 amide bonds. The zero-order valence-corrected chi connectivity index (χ0v) is 11.5. The van der Waals surface area contributed by atoms with Gasteiger partial charge in [0, 0.05) is 23.6 Å². The van der Waals surface area contributed by atoms with E-state index in [1.54, 1.807) is 12.1 Å². The third-order valence-corrected chi connectivity index (χ3v) is 4.73. The van der Waals surface area contributed by atoms with Crippen molar-refractivity contribution in [2.75, 3.05) is 11.4 Å². The van der Waals surface area contributed by atoms with E-state index in [0.29, 0.717) is 5.76 Å². The molecule has 1 aliphatic heterocycles. The van der Waals surface area contributed by atoms with Crippen LogP contribution < -0.4 is 4.90 Å². The predicted molar refractivity (Wildman–Crippen MR) is 67.5 cm³/mol. The number of nitrogens with zero attached hydrogens (tertiary/aromatic N) is 3. The van der Waals surface area contributed by atoms with Crippen LogP contribution in [-0.2, 0) is 13.8 Å². The number of rotatable bonds is 3. The Morgan fingerprint density at radius 2 is 2.20 bits per heavy atom. The standard InChI is InChI=1S/C10H8ClN3O5S/c11-20(16,17)6-4-8(15)14(5-6)10-13-12-9(19-10)7-2-1-3-18-7/h1-3,6H,4-5H2. The number of halogens is 1. The average molecular weight is 318 g/mol. The summed E-state index contributed by atoms with van der Waals surface area (Å²) in [5.41, 5.74) is 0. The number of carbonyl (C=O) groups excluding carboxylic acids is 1. The van der Waals surface area contributed by atoms with Gasteiger partial charge in [0.2, 0.25) is 15.0 Å². The van der Waals surface area contributed by atoms with Crippen molar-refractivity contribution in [1.82, 2.24) is 10.2 Å². The van der Waals surface area contributed by atoms with Gasteiger partial charge in [0.25, 0.3) is 5.89 Å². The molecule has 0 saturated carbocycles. The third kappa shape index (κ3) is 2.29. The number of hydrogen-bond donors (Lipinski definition) is 0. The highest BCUT2D eigenvalue weighted by Gasteiger charge is 2.40. The van der Waals surface area contributed by atoms with Crippen LogP contribution in [-0.4, -0.2) is 36.3 Å². The van der Waals surface area contributed by atoms with Gasteiger partial charge >= 0.3 is 6.01 Å². The molecule has 0 aliphatic carbocycles. The molecule has 2 aromatic heterocycles. The van der Waals surface area contributed by atoms with Crippen LogP contribution in [0.1, 0.15) is 6.42 Å². The number of amides is 1. The summed E-state index contributed by atoms with van der Waals surface area (Å²) in [7, 11) is 1.44. The summed E-state index contributed by atoms with van der Waals surface area (Å²) >= 11 is 0. The minimum Gasteiger partial charge on any atom is -0.459 e. The van der Waals surface area contributed by atoms with E-state index in [9.17, 15) is 13.2 Å². The summed E-state index contributed by atoms with van der Waals surface area (Å²) in [5, 5.41) is 6.47. The molecular weight excluding hydrogens is 310 g/mol. The fraction of sp³-hybridized carbons (Fsp3) is 0.300. The molecule has 1 atom stereocenters. The first kappa shape index (κ1) is 13.1. The van der Waals surface area contributed by atoms with Gasteiger partial charge in [-0.2, -0.15) is 0 Å². The number of furan rings is 1. The molecule has 1 fully saturated rings.